The van der Waals surface area contributed by atoms with Gasteiger partial charge < -0.3 is 24.6 Å². The van der Waals surface area contributed by atoms with Crippen molar-refractivity contribution in [2.75, 3.05) is 18.5 Å². The van der Waals surface area contributed by atoms with E-state index in [0.717, 1.165) is 19.4 Å². The highest BCUT2D eigenvalue weighted by Gasteiger charge is 2.18. The molecule has 0 spiro atoms. The second kappa shape index (κ2) is 9.55. The Hall–Kier alpha value is -3.17. The summed E-state index contributed by atoms with van der Waals surface area (Å²) in [6.45, 7) is 1.34. The van der Waals surface area contributed by atoms with Crippen LogP contribution in [-0.4, -0.2) is 36.2 Å². The van der Waals surface area contributed by atoms with Gasteiger partial charge in [0.2, 0.25) is 0 Å². The Morgan fingerprint density at radius 3 is 2.80 bits per heavy atom. The molecule has 1 aromatic carbocycles. The molecule has 3 heterocycles. The van der Waals surface area contributed by atoms with Gasteiger partial charge >= 0.3 is 0 Å². The first-order valence-corrected chi connectivity index (χ1v) is 10.5. The van der Waals surface area contributed by atoms with Gasteiger partial charge in [0.1, 0.15) is 12.4 Å². The molecular formula is C21H21N3O5S. The summed E-state index contributed by atoms with van der Waals surface area (Å²) in [6.07, 6.45) is 2.05. The van der Waals surface area contributed by atoms with Gasteiger partial charge in [0, 0.05) is 24.9 Å². The minimum atomic E-state index is -0.300. The molecule has 8 nitrogen and oxygen atoms in total. The van der Waals surface area contributed by atoms with Gasteiger partial charge in [0.15, 0.2) is 11.5 Å². The number of aromatic nitrogens is 1. The molecule has 2 amide bonds. The Balaban J connectivity index is 1.24. The standard InChI is InChI=1S/C21H21N3O5S/c25-20(22-12-16-3-1-9-27-16)18-11-17(29-24-18)13-28-15-7-5-14(6-8-15)23-21(26)19-4-2-10-30-19/h2,4-8,10-11,16H,1,3,9,12-13H2,(H,22,25)(H,23,26). The molecule has 2 aromatic heterocycles. The lowest BCUT2D eigenvalue weighted by Gasteiger charge is -2.09. The molecule has 156 valence electrons. The first-order chi connectivity index (χ1) is 14.7. The minimum absolute atomic E-state index is 0.0710. The number of amides is 2. The number of benzene rings is 1. The minimum Gasteiger partial charge on any atom is -0.486 e. The van der Waals surface area contributed by atoms with Crippen LogP contribution < -0.4 is 15.4 Å². The van der Waals surface area contributed by atoms with Crippen LogP contribution in [0, 0.1) is 0 Å². The van der Waals surface area contributed by atoms with Crippen molar-refractivity contribution in [1.82, 2.24) is 10.5 Å². The van der Waals surface area contributed by atoms with E-state index in [4.69, 9.17) is 14.0 Å². The molecule has 2 N–H and O–H groups in total. The quantitative estimate of drug-likeness (QED) is 0.571. The van der Waals surface area contributed by atoms with Crippen molar-refractivity contribution >= 4 is 28.8 Å². The van der Waals surface area contributed by atoms with Crippen molar-refractivity contribution < 1.29 is 23.6 Å². The molecule has 3 aromatic rings. The number of thiophene rings is 1. The topological polar surface area (TPSA) is 103 Å². The molecule has 1 saturated heterocycles. The van der Waals surface area contributed by atoms with Crippen LogP contribution in [0.3, 0.4) is 0 Å². The molecule has 9 heteroatoms. The predicted octanol–water partition coefficient (Wildman–Crippen LogP) is 3.48. The lowest BCUT2D eigenvalue weighted by molar-refractivity contribution is 0.0850. The molecule has 1 fully saturated rings. The fraction of sp³-hybridized carbons (Fsp3) is 0.286. The molecule has 0 aliphatic carbocycles. The van der Waals surface area contributed by atoms with E-state index in [1.165, 1.54) is 11.3 Å². The summed E-state index contributed by atoms with van der Waals surface area (Å²) in [7, 11) is 0. The van der Waals surface area contributed by atoms with Crippen LogP contribution in [0.25, 0.3) is 0 Å². The molecule has 1 unspecified atom stereocenters. The van der Waals surface area contributed by atoms with E-state index in [-0.39, 0.29) is 30.2 Å². The van der Waals surface area contributed by atoms with Gasteiger partial charge in [-0.1, -0.05) is 11.2 Å². The van der Waals surface area contributed by atoms with Crippen LogP contribution in [0.4, 0.5) is 5.69 Å². The highest BCUT2D eigenvalue weighted by atomic mass is 32.1. The maximum atomic E-state index is 12.1. The Morgan fingerprint density at radius 2 is 2.07 bits per heavy atom. The van der Waals surface area contributed by atoms with Gasteiger partial charge in [-0.05, 0) is 48.6 Å². The zero-order valence-corrected chi connectivity index (χ0v) is 16.9. The number of carbonyl (C=O) groups excluding carboxylic acids is 2. The van der Waals surface area contributed by atoms with Gasteiger partial charge in [-0.15, -0.1) is 11.3 Å². The van der Waals surface area contributed by atoms with E-state index in [1.807, 2.05) is 11.4 Å². The van der Waals surface area contributed by atoms with E-state index in [1.54, 1.807) is 36.4 Å². The van der Waals surface area contributed by atoms with Crippen molar-refractivity contribution in [2.45, 2.75) is 25.6 Å². The maximum absolute atomic E-state index is 12.1. The van der Waals surface area contributed by atoms with Crippen LogP contribution in [0.1, 0.15) is 38.8 Å². The normalized spacial score (nSPS) is 15.7. The van der Waals surface area contributed by atoms with Crippen LogP contribution in [-0.2, 0) is 11.3 Å². The van der Waals surface area contributed by atoms with Crippen LogP contribution in [0.5, 0.6) is 5.75 Å². The second-order valence-corrected chi connectivity index (χ2v) is 7.72. The van der Waals surface area contributed by atoms with Crippen LogP contribution >= 0.6 is 11.3 Å². The van der Waals surface area contributed by atoms with Gasteiger partial charge in [-0.3, -0.25) is 9.59 Å². The molecule has 30 heavy (non-hydrogen) atoms. The predicted molar refractivity (Wildman–Crippen MR) is 111 cm³/mol. The number of ether oxygens (including phenoxy) is 2. The monoisotopic (exact) mass is 427 g/mol. The lowest BCUT2D eigenvalue weighted by atomic mass is 10.2. The highest BCUT2D eigenvalue weighted by molar-refractivity contribution is 7.12. The van der Waals surface area contributed by atoms with Crippen LogP contribution in [0.2, 0.25) is 0 Å². The van der Waals surface area contributed by atoms with Gasteiger partial charge in [-0.2, -0.15) is 0 Å². The first-order valence-electron chi connectivity index (χ1n) is 9.60. The molecule has 1 aliphatic heterocycles. The van der Waals surface area contributed by atoms with Crippen molar-refractivity contribution in [3.8, 4) is 5.75 Å². The maximum Gasteiger partial charge on any atom is 0.273 e. The van der Waals surface area contributed by atoms with E-state index in [9.17, 15) is 9.59 Å². The third-order valence-electron chi connectivity index (χ3n) is 4.54. The molecule has 1 atom stereocenters. The van der Waals surface area contributed by atoms with E-state index < -0.39 is 0 Å². The summed E-state index contributed by atoms with van der Waals surface area (Å²) in [6, 6.07) is 12.2. The Morgan fingerprint density at radius 1 is 1.20 bits per heavy atom. The van der Waals surface area contributed by atoms with Gasteiger partial charge in [-0.25, -0.2) is 0 Å². The highest BCUT2D eigenvalue weighted by Crippen LogP contribution is 2.19. The van der Waals surface area contributed by atoms with Crippen LogP contribution in [0.15, 0.2) is 52.4 Å². The summed E-state index contributed by atoms with van der Waals surface area (Å²) in [5.74, 6) is 0.592. The summed E-state index contributed by atoms with van der Waals surface area (Å²) < 4.78 is 16.3. The average molecular weight is 427 g/mol. The summed E-state index contributed by atoms with van der Waals surface area (Å²) in [5.41, 5.74) is 0.879. The first kappa shape index (κ1) is 20.1. The summed E-state index contributed by atoms with van der Waals surface area (Å²) in [4.78, 5) is 24.8. The molecule has 1 aliphatic rings. The number of hydrogen-bond acceptors (Lipinski definition) is 7. The van der Waals surface area contributed by atoms with Crippen molar-refractivity contribution in [2.24, 2.45) is 0 Å². The number of nitrogens with zero attached hydrogens (tertiary/aromatic N) is 1. The molecule has 0 saturated carbocycles. The SMILES string of the molecule is O=C(NCC1CCCO1)c1cc(COc2ccc(NC(=O)c3cccs3)cc2)on1. The summed E-state index contributed by atoms with van der Waals surface area (Å²) in [5, 5.41) is 11.3. The van der Waals surface area contributed by atoms with Gasteiger partial charge in [0.25, 0.3) is 11.8 Å². The Bertz CT molecular complexity index is 979. The zero-order valence-electron chi connectivity index (χ0n) is 16.1. The average Bonchev–Trinajstić information content (AvgIpc) is 3.54. The Labute approximate surface area is 177 Å². The lowest BCUT2D eigenvalue weighted by Crippen LogP contribution is -2.31. The fourth-order valence-electron chi connectivity index (χ4n) is 2.98. The smallest absolute Gasteiger partial charge is 0.273 e. The number of nitrogens with one attached hydrogen (secondary N) is 2. The zero-order chi connectivity index (χ0) is 20.8. The van der Waals surface area contributed by atoms with E-state index in [2.05, 4.69) is 15.8 Å². The number of anilines is 1. The van der Waals surface area contributed by atoms with Gasteiger partial charge in [0.05, 0.1) is 11.0 Å². The fourth-order valence-corrected chi connectivity index (χ4v) is 3.60. The summed E-state index contributed by atoms with van der Waals surface area (Å²) >= 11 is 1.38. The molecule has 4 rings (SSSR count). The third-order valence-corrected chi connectivity index (χ3v) is 5.41. The molecular weight excluding hydrogens is 406 g/mol. The largest absolute Gasteiger partial charge is 0.486 e. The third kappa shape index (κ3) is 5.25. The second-order valence-electron chi connectivity index (χ2n) is 6.77. The number of hydrogen-bond donors (Lipinski definition) is 2. The number of carbonyl (C=O) groups is 2. The molecule has 0 radical (unpaired) electrons. The number of rotatable bonds is 8. The molecule has 0 bridgehead atoms. The van der Waals surface area contributed by atoms with Crippen molar-refractivity contribution in [3.05, 3.63) is 64.2 Å². The van der Waals surface area contributed by atoms with Crippen molar-refractivity contribution in [1.29, 1.82) is 0 Å². The van der Waals surface area contributed by atoms with E-state index >= 15 is 0 Å². The Kier molecular flexibility index (Phi) is 6.41. The van der Waals surface area contributed by atoms with Crippen molar-refractivity contribution in [3.63, 3.8) is 0 Å². The van der Waals surface area contributed by atoms with E-state index in [0.29, 0.717) is 28.6 Å².